The standard InChI is InChI=1S/C12H27N3/c1-4-14(5-2)10-12(3)11-15-8-6-13-7-9-15/h12-13H,4-11H2,1-3H3. The van der Waals surface area contributed by atoms with Crippen LogP contribution in [0.4, 0.5) is 0 Å². The number of hydrogen-bond donors (Lipinski definition) is 1. The zero-order valence-corrected chi connectivity index (χ0v) is 10.6. The first-order chi connectivity index (χ1) is 7.26. The molecule has 1 aliphatic rings. The predicted molar refractivity (Wildman–Crippen MR) is 66.3 cm³/mol. The summed E-state index contributed by atoms with van der Waals surface area (Å²) in [6.45, 7) is 16.5. The fraction of sp³-hybridized carbons (Fsp3) is 1.00. The van der Waals surface area contributed by atoms with Gasteiger partial charge in [0, 0.05) is 39.3 Å². The molecule has 0 saturated carbocycles. The molecule has 0 amide bonds. The molecule has 1 heterocycles. The minimum Gasteiger partial charge on any atom is -0.314 e. The van der Waals surface area contributed by atoms with Crippen LogP contribution in [0.5, 0.6) is 0 Å². The fourth-order valence-corrected chi connectivity index (χ4v) is 2.31. The lowest BCUT2D eigenvalue weighted by Gasteiger charge is -2.31. The molecule has 3 heteroatoms. The zero-order chi connectivity index (χ0) is 11.1. The Labute approximate surface area is 94.8 Å². The molecule has 1 saturated heterocycles. The third kappa shape index (κ3) is 4.96. The van der Waals surface area contributed by atoms with Crippen molar-refractivity contribution in [2.24, 2.45) is 5.92 Å². The lowest BCUT2D eigenvalue weighted by atomic mass is 10.1. The summed E-state index contributed by atoms with van der Waals surface area (Å²) in [6.07, 6.45) is 0. The van der Waals surface area contributed by atoms with Crippen molar-refractivity contribution in [3.05, 3.63) is 0 Å². The molecule has 0 aliphatic carbocycles. The van der Waals surface area contributed by atoms with Gasteiger partial charge in [-0.25, -0.2) is 0 Å². The van der Waals surface area contributed by atoms with Crippen molar-refractivity contribution in [1.29, 1.82) is 0 Å². The molecule has 1 aliphatic heterocycles. The normalized spacial score (nSPS) is 20.8. The van der Waals surface area contributed by atoms with Gasteiger partial charge in [0.15, 0.2) is 0 Å². The molecular weight excluding hydrogens is 186 g/mol. The van der Waals surface area contributed by atoms with Crippen LogP contribution in [-0.4, -0.2) is 62.2 Å². The van der Waals surface area contributed by atoms with E-state index in [0.29, 0.717) is 0 Å². The highest BCUT2D eigenvalue weighted by Gasteiger charge is 2.14. The van der Waals surface area contributed by atoms with E-state index in [9.17, 15) is 0 Å². The second-order valence-corrected chi connectivity index (χ2v) is 4.64. The van der Waals surface area contributed by atoms with E-state index in [0.717, 1.165) is 19.0 Å². The summed E-state index contributed by atoms with van der Waals surface area (Å²) in [5, 5.41) is 3.40. The van der Waals surface area contributed by atoms with Gasteiger partial charge in [-0.2, -0.15) is 0 Å². The van der Waals surface area contributed by atoms with E-state index < -0.39 is 0 Å². The minimum absolute atomic E-state index is 0.794. The summed E-state index contributed by atoms with van der Waals surface area (Å²) in [5.74, 6) is 0.794. The van der Waals surface area contributed by atoms with Gasteiger partial charge in [-0.05, 0) is 19.0 Å². The molecule has 0 radical (unpaired) electrons. The summed E-state index contributed by atoms with van der Waals surface area (Å²) in [4.78, 5) is 5.11. The van der Waals surface area contributed by atoms with Crippen LogP contribution in [0.1, 0.15) is 20.8 Å². The Bertz CT molecular complexity index is 151. The molecule has 15 heavy (non-hydrogen) atoms. The van der Waals surface area contributed by atoms with Gasteiger partial charge in [-0.15, -0.1) is 0 Å². The average Bonchev–Trinajstić information content (AvgIpc) is 2.27. The Balaban J connectivity index is 2.18. The molecule has 1 unspecified atom stereocenters. The molecule has 1 fully saturated rings. The van der Waals surface area contributed by atoms with Crippen molar-refractivity contribution in [3.8, 4) is 0 Å². The van der Waals surface area contributed by atoms with Crippen molar-refractivity contribution in [1.82, 2.24) is 15.1 Å². The van der Waals surface area contributed by atoms with E-state index in [-0.39, 0.29) is 0 Å². The lowest BCUT2D eigenvalue weighted by Crippen LogP contribution is -2.46. The van der Waals surface area contributed by atoms with Gasteiger partial charge in [0.25, 0.3) is 0 Å². The van der Waals surface area contributed by atoms with E-state index in [4.69, 9.17) is 0 Å². The fourth-order valence-electron chi connectivity index (χ4n) is 2.31. The monoisotopic (exact) mass is 213 g/mol. The highest BCUT2D eigenvalue weighted by molar-refractivity contribution is 4.71. The van der Waals surface area contributed by atoms with Gasteiger partial charge in [-0.3, -0.25) is 0 Å². The molecule has 1 atom stereocenters. The van der Waals surface area contributed by atoms with Gasteiger partial charge in [0.1, 0.15) is 0 Å². The highest BCUT2D eigenvalue weighted by atomic mass is 15.2. The number of piperazine rings is 1. The first kappa shape index (κ1) is 12.9. The summed E-state index contributed by atoms with van der Waals surface area (Å²) >= 11 is 0. The van der Waals surface area contributed by atoms with Crippen molar-refractivity contribution in [3.63, 3.8) is 0 Å². The third-order valence-electron chi connectivity index (χ3n) is 3.24. The quantitative estimate of drug-likeness (QED) is 0.706. The largest absolute Gasteiger partial charge is 0.314 e. The van der Waals surface area contributed by atoms with E-state index in [1.165, 1.54) is 39.3 Å². The number of nitrogens with zero attached hydrogens (tertiary/aromatic N) is 2. The number of rotatable bonds is 6. The molecule has 0 aromatic carbocycles. The first-order valence-corrected chi connectivity index (χ1v) is 6.41. The first-order valence-electron chi connectivity index (χ1n) is 6.41. The maximum atomic E-state index is 3.40. The van der Waals surface area contributed by atoms with Crippen LogP contribution in [0, 0.1) is 5.92 Å². The Morgan fingerprint density at radius 1 is 1.20 bits per heavy atom. The lowest BCUT2D eigenvalue weighted by molar-refractivity contribution is 0.177. The second-order valence-electron chi connectivity index (χ2n) is 4.64. The third-order valence-corrected chi connectivity index (χ3v) is 3.24. The molecule has 90 valence electrons. The smallest absolute Gasteiger partial charge is 0.0107 e. The Kier molecular flexibility index (Phi) is 6.22. The van der Waals surface area contributed by atoms with E-state index in [1.807, 2.05) is 0 Å². The van der Waals surface area contributed by atoms with Crippen molar-refractivity contribution in [2.75, 3.05) is 52.4 Å². The Hall–Kier alpha value is -0.120. The summed E-state index contributed by atoms with van der Waals surface area (Å²) < 4.78 is 0. The van der Waals surface area contributed by atoms with Crippen LogP contribution in [0.25, 0.3) is 0 Å². The van der Waals surface area contributed by atoms with E-state index in [1.54, 1.807) is 0 Å². The Morgan fingerprint density at radius 3 is 2.33 bits per heavy atom. The molecule has 3 nitrogen and oxygen atoms in total. The molecule has 0 bridgehead atoms. The second kappa shape index (κ2) is 7.20. The summed E-state index contributed by atoms with van der Waals surface area (Å²) in [6, 6.07) is 0. The van der Waals surface area contributed by atoms with Crippen LogP contribution in [-0.2, 0) is 0 Å². The van der Waals surface area contributed by atoms with Crippen molar-refractivity contribution >= 4 is 0 Å². The molecule has 1 N–H and O–H groups in total. The van der Waals surface area contributed by atoms with E-state index >= 15 is 0 Å². The van der Waals surface area contributed by atoms with Crippen LogP contribution < -0.4 is 5.32 Å². The van der Waals surface area contributed by atoms with Gasteiger partial charge < -0.3 is 15.1 Å². The minimum atomic E-state index is 0.794. The highest BCUT2D eigenvalue weighted by Crippen LogP contribution is 2.04. The maximum absolute atomic E-state index is 3.40. The SMILES string of the molecule is CCN(CC)CC(C)CN1CCNCC1. The topological polar surface area (TPSA) is 18.5 Å². The van der Waals surface area contributed by atoms with Crippen LogP contribution >= 0.6 is 0 Å². The van der Waals surface area contributed by atoms with E-state index in [2.05, 4.69) is 35.9 Å². The van der Waals surface area contributed by atoms with Gasteiger partial charge in [0.05, 0.1) is 0 Å². The maximum Gasteiger partial charge on any atom is 0.0107 e. The van der Waals surface area contributed by atoms with Crippen molar-refractivity contribution < 1.29 is 0 Å². The van der Waals surface area contributed by atoms with Gasteiger partial charge in [0.2, 0.25) is 0 Å². The van der Waals surface area contributed by atoms with Crippen LogP contribution in [0.2, 0.25) is 0 Å². The predicted octanol–water partition coefficient (Wildman–Crippen LogP) is 0.870. The number of hydrogen-bond acceptors (Lipinski definition) is 3. The summed E-state index contributed by atoms with van der Waals surface area (Å²) in [7, 11) is 0. The van der Waals surface area contributed by atoms with Gasteiger partial charge >= 0.3 is 0 Å². The number of nitrogens with one attached hydrogen (secondary N) is 1. The van der Waals surface area contributed by atoms with Crippen LogP contribution in [0.15, 0.2) is 0 Å². The average molecular weight is 213 g/mol. The molecule has 0 aromatic rings. The zero-order valence-electron chi connectivity index (χ0n) is 10.6. The molecule has 1 rings (SSSR count). The van der Waals surface area contributed by atoms with Crippen LogP contribution in [0.3, 0.4) is 0 Å². The molecular formula is C12H27N3. The van der Waals surface area contributed by atoms with Gasteiger partial charge in [-0.1, -0.05) is 20.8 Å². The summed E-state index contributed by atoms with van der Waals surface area (Å²) in [5.41, 5.74) is 0. The molecule has 0 spiro atoms. The Morgan fingerprint density at radius 2 is 1.80 bits per heavy atom. The van der Waals surface area contributed by atoms with Crippen molar-refractivity contribution in [2.45, 2.75) is 20.8 Å². The molecule has 0 aromatic heterocycles.